The number of nitrogen functional groups attached to an aromatic ring is 1. The van der Waals surface area contributed by atoms with Gasteiger partial charge in [0, 0.05) is 11.8 Å². The van der Waals surface area contributed by atoms with Crippen molar-refractivity contribution in [3.63, 3.8) is 0 Å². The lowest BCUT2D eigenvalue weighted by Gasteiger charge is -1.98. The van der Waals surface area contributed by atoms with Gasteiger partial charge in [-0.1, -0.05) is 41.9 Å². The van der Waals surface area contributed by atoms with Crippen molar-refractivity contribution in [2.24, 2.45) is 0 Å². The number of nitrogens with two attached hydrogens (primary N) is 1. The second-order valence-corrected chi connectivity index (χ2v) is 4.22. The summed E-state index contributed by atoms with van der Waals surface area (Å²) in [5, 5.41) is 0.640. The molecule has 0 radical (unpaired) electrons. The number of pyridine rings is 1. The Kier molecular flexibility index (Phi) is 2.27. The first kappa shape index (κ1) is 10.2. The minimum Gasteiger partial charge on any atom is -0.383 e. The molecular weight excluding hydrogens is 234 g/mol. The zero-order valence-corrected chi connectivity index (χ0v) is 9.72. The van der Waals surface area contributed by atoms with Crippen LogP contribution in [0.15, 0.2) is 48.7 Å². The molecule has 3 aromatic rings. The van der Waals surface area contributed by atoms with Crippen LogP contribution in [0.4, 0.5) is 5.82 Å². The molecule has 4 heteroatoms. The van der Waals surface area contributed by atoms with E-state index in [2.05, 4.69) is 4.98 Å². The van der Waals surface area contributed by atoms with E-state index in [1.165, 1.54) is 0 Å². The summed E-state index contributed by atoms with van der Waals surface area (Å²) in [5.41, 5.74) is 8.67. The number of halogens is 1. The predicted octanol–water partition coefficient (Wildman–Crippen LogP) is 3.24. The van der Waals surface area contributed by atoms with Crippen molar-refractivity contribution >= 4 is 23.1 Å². The fraction of sp³-hybridized carbons (Fsp3) is 0. The molecule has 3 nitrogen and oxygen atoms in total. The van der Waals surface area contributed by atoms with Crippen LogP contribution in [0.5, 0.6) is 0 Å². The molecule has 0 unspecified atom stereocenters. The molecule has 0 saturated carbocycles. The first-order valence-corrected chi connectivity index (χ1v) is 5.62. The highest BCUT2D eigenvalue weighted by Crippen LogP contribution is 2.26. The quantitative estimate of drug-likeness (QED) is 0.713. The molecule has 0 fully saturated rings. The van der Waals surface area contributed by atoms with Crippen LogP contribution in [0.2, 0.25) is 5.02 Å². The smallest absolute Gasteiger partial charge is 0.139 e. The number of hydrogen-bond acceptors (Lipinski definition) is 2. The van der Waals surface area contributed by atoms with Crippen molar-refractivity contribution in [1.82, 2.24) is 9.38 Å². The van der Waals surface area contributed by atoms with Gasteiger partial charge in [-0.05, 0) is 12.1 Å². The summed E-state index contributed by atoms with van der Waals surface area (Å²) in [6.45, 7) is 0. The van der Waals surface area contributed by atoms with Crippen LogP contribution >= 0.6 is 11.6 Å². The Bertz CT molecular complexity index is 674. The van der Waals surface area contributed by atoms with Gasteiger partial charge in [0.25, 0.3) is 0 Å². The maximum atomic E-state index is 6.08. The van der Waals surface area contributed by atoms with Gasteiger partial charge in [0.15, 0.2) is 0 Å². The Balaban J connectivity index is 2.28. The number of anilines is 1. The maximum absolute atomic E-state index is 6.08. The van der Waals surface area contributed by atoms with Gasteiger partial charge >= 0.3 is 0 Å². The number of fused-ring (bicyclic) bond motifs is 1. The molecular formula is C13H10ClN3. The van der Waals surface area contributed by atoms with Crippen LogP contribution in [0.1, 0.15) is 0 Å². The lowest BCUT2D eigenvalue weighted by Crippen LogP contribution is -1.93. The van der Waals surface area contributed by atoms with Gasteiger partial charge in [-0.15, -0.1) is 0 Å². The van der Waals surface area contributed by atoms with Crippen molar-refractivity contribution in [3.05, 3.63) is 53.7 Å². The van der Waals surface area contributed by atoms with Gasteiger partial charge in [0.1, 0.15) is 17.2 Å². The first-order valence-electron chi connectivity index (χ1n) is 5.24. The maximum Gasteiger partial charge on any atom is 0.139 e. The summed E-state index contributed by atoms with van der Waals surface area (Å²) >= 11 is 5.94. The third kappa shape index (κ3) is 1.65. The van der Waals surface area contributed by atoms with Gasteiger partial charge in [-0.2, -0.15) is 0 Å². The highest BCUT2D eigenvalue weighted by Gasteiger charge is 2.10. The van der Waals surface area contributed by atoms with Gasteiger partial charge < -0.3 is 5.73 Å². The second-order valence-electron chi connectivity index (χ2n) is 3.79. The number of rotatable bonds is 1. The molecule has 0 spiro atoms. The Morgan fingerprint density at radius 2 is 1.82 bits per heavy atom. The molecule has 0 amide bonds. The fourth-order valence-electron chi connectivity index (χ4n) is 1.85. The summed E-state index contributed by atoms with van der Waals surface area (Å²) in [6, 6.07) is 13.5. The van der Waals surface area contributed by atoms with E-state index in [-0.39, 0.29) is 0 Å². The molecule has 0 bridgehead atoms. The number of benzene rings is 1. The molecule has 0 aliphatic carbocycles. The van der Waals surface area contributed by atoms with E-state index >= 15 is 0 Å². The zero-order valence-electron chi connectivity index (χ0n) is 8.97. The molecule has 3 rings (SSSR count). The normalized spacial score (nSPS) is 10.9. The largest absolute Gasteiger partial charge is 0.383 e. The molecule has 0 aliphatic rings. The average molecular weight is 244 g/mol. The Morgan fingerprint density at radius 3 is 2.59 bits per heavy atom. The Morgan fingerprint density at radius 1 is 1.06 bits per heavy atom. The monoisotopic (exact) mass is 243 g/mol. The SMILES string of the molecule is Nc1c(-c2ccccc2)nc2ccc(Cl)cn12. The van der Waals surface area contributed by atoms with E-state index < -0.39 is 0 Å². The van der Waals surface area contributed by atoms with Gasteiger partial charge in [-0.3, -0.25) is 4.40 Å². The summed E-state index contributed by atoms with van der Waals surface area (Å²) in [7, 11) is 0. The van der Waals surface area contributed by atoms with Crippen LogP contribution < -0.4 is 5.73 Å². The molecule has 2 N–H and O–H groups in total. The topological polar surface area (TPSA) is 43.3 Å². The van der Waals surface area contributed by atoms with E-state index in [0.717, 1.165) is 16.9 Å². The fourth-order valence-corrected chi connectivity index (χ4v) is 2.01. The van der Waals surface area contributed by atoms with Crippen LogP contribution in [0.25, 0.3) is 16.9 Å². The van der Waals surface area contributed by atoms with Gasteiger partial charge in [0.05, 0.1) is 5.02 Å². The number of aromatic nitrogens is 2. The van der Waals surface area contributed by atoms with Crippen LogP contribution in [-0.4, -0.2) is 9.38 Å². The summed E-state index contributed by atoms with van der Waals surface area (Å²) in [6.07, 6.45) is 1.77. The van der Waals surface area contributed by atoms with E-state index in [1.807, 2.05) is 36.4 Å². The van der Waals surface area contributed by atoms with Gasteiger partial charge in [-0.25, -0.2) is 4.98 Å². The molecule has 1 aromatic carbocycles. The average Bonchev–Trinajstić information content (AvgIpc) is 2.68. The molecule has 0 saturated heterocycles. The summed E-state index contributed by atoms with van der Waals surface area (Å²) in [4.78, 5) is 4.50. The van der Waals surface area contributed by atoms with Gasteiger partial charge in [0.2, 0.25) is 0 Å². The number of nitrogens with zero attached hydrogens (tertiary/aromatic N) is 2. The van der Waals surface area contributed by atoms with E-state index in [0.29, 0.717) is 10.8 Å². The lowest BCUT2D eigenvalue weighted by atomic mass is 10.1. The van der Waals surface area contributed by atoms with E-state index in [9.17, 15) is 0 Å². The summed E-state index contributed by atoms with van der Waals surface area (Å²) in [5.74, 6) is 0.605. The molecule has 0 aliphatic heterocycles. The molecule has 2 heterocycles. The molecule has 84 valence electrons. The molecule has 2 aromatic heterocycles. The van der Waals surface area contributed by atoms with Crippen molar-refractivity contribution in [2.75, 3.05) is 5.73 Å². The third-order valence-corrected chi connectivity index (χ3v) is 2.89. The van der Waals surface area contributed by atoms with E-state index in [4.69, 9.17) is 17.3 Å². The number of imidazole rings is 1. The highest BCUT2D eigenvalue weighted by atomic mass is 35.5. The van der Waals surface area contributed by atoms with Crippen LogP contribution in [0, 0.1) is 0 Å². The van der Waals surface area contributed by atoms with Crippen molar-refractivity contribution < 1.29 is 0 Å². The minimum absolute atomic E-state index is 0.605. The first-order chi connectivity index (χ1) is 8.25. The van der Waals surface area contributed by atoms with Crippen molar-refractivity contribution in [1.29, 1.82) is 0 Å². The second kappa shape index (κ2) is 3.79. The summed E-state index contributed by atoms with van der Waals surface area (Å²) < 4.78 is 1.80. The Hall–Kier alpha value is -2.00. The zero-order chi connectivity index (χ0) is 11.8. The van der Waals surface area contributed by atoms with Crippen LogP contribution in [-0.2, 0) is 0 Å². The van der Waals surface area contributed by atoms with Crippen molar-refractivity contribution in [2.45, 2.75) is 0 Å². The highest BCUT2D eigenvalue weighted by molar-refractivity contribution is 6.30. The standard InChI is InChI=1S/C13H10ClN3/c14-10-6-7-11-16-12(13(15)17(11)8-10)9-4-2-1-3-5-9/h1-8H,15H2. The Labute approximate surface area is 103 Å². The minimum atomic E-state index is 0.605. The lowest BCUT2D eigenvalue weighted by molar-refractivity contribution is 1.20. The van der Waals surface area contributed by atoms with Crippen LogP contribution in [0.3, 0.4) is 0 Å². The predicted molar refractivity (Wildman–Crippen MR) is 70.1 cm³/mol. The third-order valence-electron chi connectivity index (χ3n) is 2.67. The number of hydrogen-bond donors (Lipinski definition) is 1. The molecule has 17 heavy (non-hydrogen) atoms. The molecule has 0 atom stereocenters. The van der Waals surface area contributed by atoms with E-state index in [1.54, 1.807) is 16.7 Å². The van der Waals surface area contributed by atoms with Crippen molar-refractivity contribution in [3.8, 4) is 11.3 Å².